The van der Waals surface area contributed by atoms with Gasteiger partial charge in [0.1, 0.15) is 0 Å². The van der Waals surface area contributed by atoms with Gasteiger partial charge >= 0.3 is 0 Å². The predicted molar refractivity (Wildman–Crippen MR) is 108 cm³/mol. The van der Waals surface area contributed by atoms with Crippen molar-refractivity contribution >= 4 is 0 Å². The van der Waals surface area contributed by atoms with Crippen LogP contribution in [0.5, 0.6) is 0 Å². The molecule has 2 aromatic rings. The number of rotatable bonds is 9. The van der Waals surface area contributed by atoms with Gasteiger partial charge in [-0.1, -0.05) is 44.0 Å². The fraction of sp³-hybridized carbons (Fsp3) is 0.667. The van der Waals surface area contributed by atoms with Crippen LogP contribution in [0.2, 0.25) is 0 Å². The molecule has 3 N–H and O–H groups in total. The third kappa shape index (κ3) is 5.14. The minimum absolute atomic E-state index is 0.0244. The SMILES string of the molecule is CCCCn1nnnc1C(NCC1CCCC(CN)C1)c1ccccc1C. The zero-order valence-corrected chi connectivity index (χ0v) is 16.8. The number of tetrazole rings is 1. The highest BCUT2D eigenvalue weighted by Gasteiger charge is 2.26. The average Bonchev–Trinajstić information content (AvgIpc) is 3.16. The normalized spacial score (nSPS) is 21.3. The fourth-order valence-electron chi connectivity index (χ4n) is 4.22. The number of aryl methyl sites for hydroxylation is 2. The second-order valence-corrected chi connectivity index (χ2v) is 7.95. The van der Waals surface area contributed by atoms with Gasteiger partial charge in [0.25, 0.3) is 0 Å². The van der Waals surface area contributed by atoms with Crippen molar-refractivity contribution < 1.29 is 0 Å². The van der Waals surface area contributed by atoms with Crippen LogP contribution < -0.4 is 11.1 Å². The first-order valence-electron chi connectivity index (χ1n) is 10.5. The molecule has 3 rings (SSSR count). The Balaban J connectivity index is 1.79. The van der Waals surface area contributed by atoms with Crippen LogP contribution in [-0.2, 0) is 6.54 Å². The molecule has 1 aromatic heterocycles. The van der Waals surface area contributed by atoms with Crippen LogP contribution in [0.3, 0.4) is 0 Å². The van der Waals surface area contributed by atoms with E-state index in [-0.39, 0.29) is 6.04 Å². The summed E-state index contributed by atoms with van der Waals surface area (Å²) in [6, 6.07) is 8.56. The number of hydrogen-bond donors (Lipinski definition) is 2. The summed E-state index contributed by atoms with van der Waals surface area (Å²) in [6.45, 7) is 7.01. The monoisotopic (exact) mass is 370 g/mol. The summed E-state index contributed by atoms with van der Waals surface area (Å²) in [5, 5.41) is 16.4. The Hall–Kier alpha value is -1.79. The van der Waals surface area contributed by atoms with Crippen molar-refractivity contribution in [2.75, 3.05) is 13.1 Å². The van der Waals surface area contributed by atoms with E-state index >= 15 is 0 Å². The van der Waals surface area contributed by atoms with E-state index in [1.54, 1.807) is 0 Å². The summed E-state index contributed by atoms with van der Waals surface area (Å²) >= 11 is 0. The summed E-state index contributed by atoms with van der Waals surface area (Å²) in [5.74, 6) is 2.28. The number of nitrogens with two attached hydrogens (primary N) is 1. The highest BCUT2D eigenvalue weighted by atomic mass is 15.5. The van der Waals surface area contributed by atoms with Crippen LogP contribution in [0, 0.1) is 18.8 Å². The molecule has 3 atom stereocenters. The average molecular weight is 371 g/mol. The van der Waals surface area contributed by atoms with E-state index in [4.69, 9.17) is 5.73 Å². The molecule has 1 fully saturated rings. The second kappa shape index (κ2) is 9.95. The molecular formula is C21H34N6. The van der Waals surface area contributed by atoms with Crippen LogP contribution in [0.25, 0.3) is 0 Å². The Morgan fingerprint density at radius 3 is 2.85 bits per heavy atom. The summed E-state index contributed by atoms with van der Waals surface area (Å²) < 4.78 is 1.97. The van der Waals surface area contributed by atoms with Gasteiger partial charge < -0.3 is 11.1 Å². The lowest BCUT2D eigenvalue weighted by Crippen LogP contribution is -2.34. The minimum atomic E-state index is 0.0244. The van der Waals surface area contributed by atoms with Gasteiger partial charge in [0.05, 0.1) is 6.04 Å². The van der Waals surface area contributed by atoms with Gasteiger partial charge in [-0.25, -0.2) is 4.68 Å². The third-order valence-electron chi connectivity index (χ3n) is 5.88. The fourth-order valence-corrected chi connectivity index (χ4v) is 4.22. The topological polar surface area (TPSA) is 81.7 Å². The zero-order chi connectivity index (χ0) is 19.1. The van der Waals surface area contributed by atoms with Gasteiger partial charge in [-0.2, -0.15) is 0 Å². The minimum Gasteiger partial charge on any atom is -0.330 e. The smallest absolute Gasteiger partial charge is 0.172 e. The standard InChI is InChI=1S/C21H34N6/c1-3-4-12-27-21(24-25-26-27)20(19-11-6-5-8-16(19)2)23-15-18-10-7-9-17(13-18)14-22/h5-6,8,11,17-18,20,23H,3-4,7,9-10,12-15,22H2,1-2H3. The number of nitrogens with zero attached hydrogens (tertiary/aromatic N) is 4. The summed E-state index contributed by atoms with van der Waals surface area (Å²) in [6.07, 6.45) is 7.29. The van der Waals surface area contributed by atoms with Crippen molar-refractivity contribution in [1.29, 1.82) is 0 Å². The molecule has 0 bridgehead atoms. The summed E-state index contributed by atoms with van der Waals surface area (Å²) in [7, 11) is 0. The molecule has 3 unspecified atom stereocenters. The Bertz CT molecular complexity index is 697. The Morgan fingerprint density at radius 2 is 2.07 bits per heavy atom. The Morgan fingerprint density at radius 1 is 1.26 bits per heavy atom. The molecule has 0 spiro atoms. The quantitative estimate of drug-likeness (QED) is 0.708. The second-order valence-electron chi connectivity index (χ2n) is 7.95. The number of hydrogen-bond acceptors (Lipinski definition) is 5. The molecular weight excluding hydrogens is 336 g/mol. The van der Waals surface area contributed by atoms with Crippen LogP contribution in [0.1, 0.15) is 68.4 Å². The van der Waals surface area contributed by atoms with E-state index in [9.17, 15) is 0 Å². The van der Waals surface area contributed by atoms with Gasteiger partial charge in [-0.15, -0.1) is 5.10 Å². The molecule has 0 amide bonds. The molecule has 27 heavy (non-hydrogen) atoms. The van der Waals surface area contributed by atoms with E-state index in [1.807, 2.05) is 4.68 Å². The zero-order valence-electron chi connectivity index (χ0n) is 16.8. The maximum absolute atomic E-state index is 5.93. The van der Waals surface area contributed by atoms with Crippen molar-refractivity contribution in [1.82, 2.24) is 25.5 Å². The van der Waals surface area contributed by atoms with E-state index < -0.39 is 0 Å². The lowest BCUT2D eigenvalue weighted by Gasteiger charge is -2.30. The molecule has 148 valence electrons. The number of benzene rings is 1. The van der Waals surface area contributed by atoms with Crippen LogP contribution in [0.4, 0.5) is 0 Å². The molecule has 1 heterocycles. The first-order valence-corrected chi connectivity index (χ1v) is 10.5. The van der Waals surface area contributed by atoms with Crippen LogP contribution >= 0.6 is 0 Å². The molecule has 1 aromatic carbocycles. The molecule has 0 radical (unpaired) electrons. The van der Waals surface area contributed by atoms with Gasteiger partial charge in [-0.05, 0) is 79.1 Å². The molecule has 6 nitrogen and oxygen atoms in total. The van der Waals surface area contributed by atoms with Crippen molar-refractivity contribution in [3.63, 3.8) is 0 Å². The van der Waals surface area contributed by atoms with Gasteiger partial charge in [0.15, 0.2) is 5.82 Å². The van der Waals surface area contributed by atoms with Crippen LogP contribution in [0.15, 0.2) is 24.3 Å². The van der Waals surface area contributed by atoms with Gasteiger partial charge in [0, 0.05) is 6.54 Å². The number of nitrogens with one attached hydrogen (secondary N) is 1. The van der Waals surface area contributed by atoms with E-state index in [0.717, 1.165) is 38.3 Å². The summed E-state index contributed by atoms with van der Waals surface area (Å²) in [5.41, 5.74) is 8.45. The largest absolute Gasteiger partial charge is 0.330 e. The maximum Gasteiger partial charge on any atom is 0.172 e. The Kier molecular flexibility index (Phi) is 7.35. The first kappa shape index (κ1) is 20.0. The van der Waals surface area contributed by atoms with Gasteiger partial charge in [-0.3, -0.25) is 0 Å². The van der Waals surface area contributed by atoms with E-state index in [0.29, 0.717) is 11.8 Å². The molecule has 0 aliphatic heterocycles. The van der Waals surface area contributed by atoms with Crippen LogP contribution in [-0.4, -0.2) is 33.3 Å². The first-order chi connectivity index (χ1) is 13.2. The van der Waals surface area contributed by atoms with E-state index in [2.05, 4.69) is 59.0 Å². The van der Waals surface area contributed by atoms with E-state index in [1.165, 1.54) is 36.8 Å². The predicted octanol–water partition coefficient (Wildman–Crippen LogP) is 3.23. The lowest BCUT2D eigenvalue weighted by molar-refractivity contribution is 0.259. The number of aromatic nitrogens is 4. The molecule has 1 aliphatic rings. The lowest BCUT2D eigenvalue weighted by atomic mass is 9.81. The Labute approximate surface area is 162 Å². The maximum atomic E-state index is 5.93. The third-order valence-corrected chi connectivity index (χ3v) is 5.88. The van der Waals surface area contributed by atoms with Crippen molar-refractivity contribution in [3.05, 3.63) is 41.2 Å². The highest BCUT2D eigenvalue weighted by Crippen LogP contribution is 2.29. The van der Waals surface area contributed by atoms with Gasteiger partial charge in [0.2, 0.25) is 0 Å². The van der Waals surface area contributed by atoms with Crippen molar-refractivity contribution in [2.45, 2.75) is 65.0 Å². The van der Waals surface area contributed by atoms with Crippen molar-refractivity contribution in [3.8, 4) is 0 Å². The molecule has 1 aliphatic carbocycles. The van der Waals surface area contributed by atoms with Crippen molar-refractivity contribution in [2.24, 2.45) is 17.6 Å². The highest BCUT2D eigenvalue weighted by molar-refractivity contribution is 5.32. The molecule has 1 saturated carbocycles. The summed E-state index contributed by atoms with van der Waals surface area (Å²) in [4.78, 5) is 0. The molecule has 0 saturated heterocycles. The number of unbranched alkanes of at least 4 members (excludes halogenated alkanes) is 1. The molecule has 6 heteroatoms.